The number of hydrogen-bond donors (Lipinski definition) is 0. The Morgan fingerprint density at radius 2 is 2.21 bits per heavy atom. The fourth-order valence-corrected chi connectivity index (χ4v) is 3.50. The number of likely N-dealkylation sites (tertiary alicyclic amines) is 1. The average Bonchev–Trinajstić information content (AvgIpc) is 2.86. The molecule has 0 N–H and O–H groups in total. The van der Waals surface area contributed by atoms with Crippen molar-refractivity contribution in [2.45, 2.75) is 32.1 Å². The van der Waals surface area contributed by atoms with Gasteiger partial charge in [-0.05, 0) is 49.3 Å². The van der Waals surface area contributed by atoms with Gasteiger partial charge in [-0.2, -0.15) is 0 Å². The topological polar surface area (TPSA) is 55.3 Å². The van der Waals surface area contributed by atoms with Gasteiger partial charge in [-0.25, -0.2) is 0 Å². The summed E-state index contributed by atoms with van der Waals surface area (Å²) in [6.07, 6.45) is 10.4. The van der Waals surface area contributed by atoms with Crippen molar-refractivity contribution < 1.29 is 9.53 Å². The first-order chi connectivity index (χ1) is 11.8. The number of carbonyl (C=O) groups excluding carboxylic acids is 1. The van der Waals surface area contributed by atoms with Gasteiger partial charge in [0.15, 0.2) is 0 Å². The van der Waals surface area contributed by atoms with Crippen molar-refractivity contribution in [3.63, 3.8) is 0 Å². The minimum absolute atomic E-state index is 0.219. The molecule has 0 aromatic carbocycles. The zero-order valence-electron chi connectivity index (χ0n) is 14.3. The summed E-state index contributed by atoms with van der Waals surface area (Å²) >= 11 is 0. The van der Waals surface area contributed by atoms with Crippen LogP contribution in [0.1, 0.15) is 31.2 Å². The third kappa shape index (κ3) is 4.09. The number of pyridine rings is 2. The van der Waals surface area contributed by atoms with E-state index in [1.165, 1.54) is 5.56 Å². The molecule has 24 heavy (non-hydrogen) atoms. The van der Waals surface area contributed by atoms with Crippen molar-refractivity contribution in [1.82, 2.24) is 14.9 Å². The second kappa shape index (κ2) is 8.20. The minimum atomic E-state index is 0.219. The highest BCUT2D eigenvalue weighted by Gasteiger charge is 2.21. The van der Waals surface area contributed by atoms with Gasteiger partial charge in [-0.3, -0.25) is 14.8 Å². The maximum absolute atomic E-state index is 12.2. The lowest BCUT2D eigenvalue weighted by Crippen LogP contribution is -2.32. The number of amides is 1. The van der Waals surface area contributed by atoms with Crippen LogP contribution < -0.4 is 0 Å². The Balaban J connectivity index is 1.63. The monoisotopic (exact) mass is 327 g/mol. The van der Waals surface area contributed by atoms with E-state index in [9.17, 15) is 4.79 Å². The molecule has 1 amide bonds. The number of fused-ring (bicyclic) bond motifs is 1. The molecule has 0 bridgehead atoms. The summed E-state index contributed by atoms with van der Waals surface area (Å²) in [5.41, 5.74) is 2.32. The van der Waals surface area contributed by atoms with Crippen molar-refractivity contribution in [2.75, 3.05) is 26.8 Å². The van der Waals surface area contributed by atoms with Crippen LogP contribution in [-0.2, 0) is 16.0 Å². The van der Waals surface area contributed by atoms with Crippen molar-refractivity contribution in [1.29, 1.82) is 0 Å². The van der Waals surface area contributed by atoms with E-state index in [1.54, 1.807) is 13.3 Å². The molecule has 0 aliphatic carbocycles. The smallest absolute Gasteiger partial charge is 0.224 e. The summed E-state index contributed by atoms with van der Waals surface area (Å²) < 4.78 is 5.02. The lowest BCUT2D eigenvalue weighted by molar-refractivity contribution is -0.132. The lowest BCUT2D eigenvalue weighted by atomic mass is 9.92. The van der Waals surface area contributed by atoms with Gasteiger partial charge in [-0.1, -0.05) is 0 Å². The van der Waals surface area contributed by atoms with Gasteiger partial charge in [0.25, 0.3) is 0 Å². The van der Waals surface area contributed by atoms with Gasteiger partial charge < -0.3 is 9.64 Å². The molecule has 1 aliphatic heterocycles. The van der Waals surface area contributed by atoms with Crippen LogP contribution >= 0.6 is 0 Å². The van der Waals surface area contributed by atoms with Crippen LogP contribution in [0, 0.1) is 5.92 Å². The van der Waals surface area contributed by atoms with E-state index in [0.29, 0.717) is 18.9 Å². The molecule has 0 spiro atoms. The normalized spacial score (nSPS) is 18.5. The Hall–Kier alpha value is -2.01. The average molecular weight is 327 g/mol. The molecule has 1 fully saturated rings. The van der Waals surface area contributed by atoms with Gasteiger partial charge >= 0.3 is 0 Å². The predicted octanol–water partition coefficient (Wildman–Crippen LogP) is 2.84. The second-order valence-electron chi connectivity index (χ2n) is 6.49. The van der Waals surface area contributed by atoms with E-state index in [0.717, 1.165) is 49.7 Å². The van der Waals surface area contributed by atoms with E-state index in [1.807, 2.05) is 23.4 Å². The maximum Gasteiger partial charge on any atom is 0.224 e. The molecule has 2 aromatic heterocycles. The molecule has 3 heterocycles. The maximum atomic E-state index is 12.2. The Morgan fingerprint density at radius 3 is 3.08 bits per heavy atom. The van der Waals surface area contributed by atoms with Gasteiger partial charge in [-0.15, -0.1) is 0 Å². The van der Waals surface area contributed by atoms with Crippen molar-refractivity contribution in [3.05, 3.63) is 36.3 Å². The van der Waals surface area contributed by atoms with E-state index in [4.69, 9.17) is 4.74 Å². The Bertz CT molecular complexity index is 684. The van der Waals surface area contributed by atoms with Crippen LogP contribution in [0.5, 0.6) is 0 Å². The second-order valence-corrected chi connectivity index (χ2v) is 6.49. The highest BCUT2D eigenvalue weighted by Crippen LogP contribution is 2.25. The number of ether oxygens (including phenoxy) is 1. The van der Waals surface area contributed by atoms with Gasteiger partial charge in [0, 0.05) is 44.2 Å². The van der Waals surface area contributed by atoms with Crippen LogP contribution in [0.25, 0.3) is 10.9 Å². The molecule has 3 rings (SSSR count). The summed E-state index contributed by atoms with van der Waals surface area (Å²) in [6, 6.07) is 4.07. The zero-order valence-corrected chi connectivity index (χ0v) is 14.3. The number of rotatable bonds is 5. The highest BCUT2D eigenvalue weighted by molar-refractivity contribution is 5.80. The molecular formula is C19H25N3O2. The summed E-state index contributed by atoms with van der Waals surface area (Å²) in [5.74, 6) is 0.826. The zero-order chi connectivity index (χ0) is 16.8. The summed E-state index contributed by atoms with van der Waals surface area (Å²) in [6.45, 7) is 2.24. The molecule has 0 radical (unpaired) electrons. The van der Waals surface area contributed by atoms with E-state index < -0.39 is 0 Å². The molecule has 1 aliphatic rings. The molecule has 2 aromatic rings. The first-order valence-corrected chi connectivity index (χ1v) is 8.72. The number of nitrogens with zero attached hydrogens (tertiary/aromatic N) is 3. The fraction of sp³-hybridized carbons (Fsp3) is 0.526. The quantitative estimate of drug-likeness (QED) is 0.847. The molecule has 1 atom stereocenters. The van der Waals surface area contributed by atoms with Crippen LogP contribution in [0.15, 0.2) is 30.7 Å². The third-order valence-corrected chi connectivity index (χ3v) is 4.86. The summed E-state index contributed by atoms with van der Waals surface area (Å²) in [5, 5.41) is 1.15. The van der Waals surface area contributed by atoms with Gasteiger partial charge in [0.2, 0.25) is 5.91 Å². The lowest BCUT2D eigenvalue weighted by Gasteiger charge is -2.20. The van der Waals surface area contributed by atoms with E-state index >= 15 is 0 Å². The van der Waals surface area contributed by atoms with Crippen LogP contribution in [0.3, 0.4) is 0 Å². The molecule has 1 saturated heterocycles. The standard InChI is InChI=1S/C19H25N3O2/c1-24-12-7-19(23)22-10-2-3-15(6-11-22)13-16-4-9-21-18-5-8-20-14-17(16)18/h4-5,8-9,14-15H,2-3,6-7,10-13H2,1H3. The summed E-state index contributed by atoms with van der Waals surface area (Å²) in [7, 11) is 1.64. The predicted molar refractivity (Wildman–Crippen MR) is 93.7 cm³/mol. The first-order valence-electron chi connectivity index (χ1n) is 8.72. The number of carbonyl (C=O) groups is 1. The van der Waals surface area contributed by atoms with E-state index in [-0.39, 0.29) is 5.91 Å². The number of hydrogen-bond acceptors (Lipinski definition) is 4. The van der Waals surface area contributed by atoms with Crippen molar-refractivity contribution in [2.24, 2.45) is 5.92 Å². The Kier molecular flexibility index (Phi) is 5.75. The Morgan fingerprint density at radius 1 is 1.29 bits per heavy atom. The largest absolute Gasteiger partial charge is 0.384 e. The fourth-order valence-electron chi connectivity index (χ4n) is 3.50. The van der Waals surface area contributed by atoms with E-state index in [2.05, 4.69) is 16.0 Å². The molecule has 5 heteroatoms. The van der Waals surface area contributed by atoms with Crippen molar-refractivity contribution >= 4 is 16.8 Å². The third-order valence-electron chi connectivity index (χ3n) is 4.86. The van der Waals surface area contributed by atoms with Crippen LogP contribution in [0.4, 0.5) is 0 Å². The first kappa shape index (κ1) is 16.8. The molecule has 0 saturated carbocycles. The summed E-state index contributed by atoms with van der Waals surface area (Å²) in [4.78, 5) is 22.8. The Labute approximate surface area is 143 Å². The van der Waals surface area contributed by atoms with Crippen LogP contribution in [0.2, 0.25) is 0 Å². The van der Waals surface area contributed by atoms with Gasteiger partial charge in [0.1, 0.15) is 0 Å². The number of methoxy groups -OCH3 is 1. The van der Waals surface area contributed by atoms with Gasteiger partial charge in [0.05, 0.1) is 18.5 Å². The SMILES string of the molecule is COCCC(=O)N1CCCC(Cc2ccnc3ccncc23)CC1. The highest BCUT2D eigenvalue weighted by atomic mass is 16.5. The molecule has 1 unspecified atom stereocenters. The minimum Gasteiger partial charge on any atom is -0.384 e. The van der Waals surface area contributed by atoms with Crippen LogP contribution in [-0.4, -0.2) is 47.6 Å². The molecule has 5 nitrogen and oxygen atoms in total. The molecular weight excluding hydrogens is 302 g/mol. The van der Waals surface area contributed by atoms with Crippen molar-refractivity contribution in [3.8, 4) is 0 Å². The number of aromatic nitrogens is 2. The molecule has 128 valence electrons.